The molecule has 0 saturated carbocycles. The fraction of sp³-hybridized carbons (Fsp3) is 0.391. The Morgan fingerprint density at radius 3 is 2.29 bits per heavy atom. The van der Waals surface area contributed by atoms with E-state index < -0.39 is 28.5 Å². The van der Waals surface area contributed by atoms with Crippen molar-refractivity contribution < 1.29 is 22.7 Å². The number of methoxy groups -OCH3 is 1. The van der Waals surface area contributed by atoms with Gasteiger partial charge in [-0.1, -0.05) is 42.3 Å². The molecule has 0 spiro atoms. The van der Waals surface area contributed by atoms with Gasteiger partial charge in [0.15, 0.2) is 0 Å². The predicted octanol–water partition coefficient (Wildman–Crippen LogP) is 3.71. The molecule has 0 radical (unpaired) electrons. The summed E-state index contributed by atoms with van der Waals surface area (Å²) < 4.78 is 31.2. The molecular weight excluding hydrogens is 501 g/mol. The highest BCUT2D eigenvalue weighted by molar-refractivity contribution is 7.92. The number of nitrogens with one attached hydrogen (secondary N) is 1. The van der Waals surface area contributed by atoms with Crippen LogP contribution in [-0.2, 0) is 26.2 Å². The second kappa shape index (κ2) is 12.3. The Kier molecular flexibility index (Phi) is 10.0. The van der Waals surface area contributed by atoms with Gasteiger partial charge in [-0.15, -0.1) is 0 Å². The molecule has 0 fully saturated rings. The average Bonchev–Trinajstić information content (AvgIpc) is 2.79. The molecule has 0 aliphatic carbocycles. The second-order valence-electron chi connectivity index (χ2n) is 7.70. The molecule has 2 amide bonds. The summed E-state index contributed by atoms with van der Waals surface area (Å²) in [6, 6.07) is 10.5. The first-order chi connectivity index (χ1) is 16.0. The van der Waals surface area contributed by atoms with Crippen molar-refractivity contribution in [2.24, 2.45) is 0 Å². The van der Waals surface area contributed by atoms with E-state index in [1.54, 1.807) is 38.3 Å². The van der Waals surface area contributed by atoms with Gasteiger partial charge >= 0.3 is 0 Å². The molecule has 0 aliphatic heterocycles. The third-order valence-corrected chi connectivity index (χ3v) is 6.75. The number of anilines is 1. The molecular formula is C23H29Cl2N3O5S. The minimum atomic E-state index is -3.88. The van der Waals surface area contributed by atoms with Crippen LogP contribution < -0.4 is 14.4 Å². The van der Waals surface area contributed by atoms with Crippen molar-refractivity contribution in [3.8, 4) is 5.75 Å². The van der Waals surface area contributed by atoms with Gasteiger partial charge in [-0.25, -0.2) is 8.42 Å². The van der Waals surface area contributed by atoms with Crippen molar-refractivity contribution in [3.05, 3.63) is 58.1 Å². The number of sulfonamides is 1. The minimum Gasteiger partial charge on any atom is -0.497 e. The number of hydrogen-bond acceptors (Lipinski definition) is 5. The Bertz CT molecular complexity index is 1110. The lowest BCUT2D eigenvalue weighted by molar-refractivity contribution is -0.139. The lowest BCUT2D eigenvalue weighted by Crippen LogP contribution is -2.51. The molecule has 186 valence electrons. The van der Waals surface area contributed by atoms with Gasteiger partial charge in [-0.05, 0) is 49.2 Å². The van der Waals surface area contributed by atoms with Crippen molar-refractivity contribution in [3.63, 3.8) is 0 Å². The average molecular weight is 530 g/mol. The lowest BCUT2D eigenvalue weighted by Gasteiger charge is -2.31. The summed E-state index contributed by atoms with van der Waals surface area (Å²) in [6.07, 6.45) is 1.72. The molecule has 2 rings (SSSR count). The quantitative estimate of drug-likeness (QED) is 0.478. The van der Waals surface area contributed by atoms with E-state index in [9.17, 15) is 18.0 Å². The van der Waals surface area contributed by atoms with Crippen LogP contribution in [0.25, 0.3) is 0 Å². The summed E-state index contributed by atoms with van der Waals surface area (Å²) in [5.41, 5.74) is 0.870. The topological polar surface area (TPSA) is 96.0 Å². The summed E-state index contributed by atoms with van der Waals surface area (Å²) in [5.74, 6) is -0.249. The molecule has 0 saturated heterocycles. The van der Waals surface area contributed by atoms with Crippen LogP contribution in [-0.4, -0.2) is 57.6 Å². The number of halogens is 2. The monoisotopic (exact) mass is 529 g/mol. The Balaban J connectivity index is 2.39. The Morgan fingerprint density at radius 2 is 1.76 bits per heavy atom. The van der Waals surface area contributed by atoms with Gasteiger partial charge in [-0.3, -0.25) is 13.9 Å². The maximum atomic E-state index is 13.4. The third-order valence-electron chi connectivity index (χ3n) is 5.09. The molecule has 2 aromatic carbocycles. The lowest BCUT2D eigenvalue weighted by atomic mass is 10.1. The molecule has 0 heterocycles. The van der Waals surface area contributed by atoms with Crippen LogP contribution in [0.5, 0.6) is 5.75 Å². The fourth-order valence-corrected chi connectivity index (χ4v) is 4.61. The van der Waals surface area contributed by atoms with Crippen LogP contribution in [0.3, 0.4) is 0 Å². The van der Waals surface area contributed by atoms with Crippen LogP contribution >= 0.6 is 23.2 Å². The van der Waals surface area contributed by atoms with Gasteiger partial charge in [0.25, 0.3) is 0 Å². The number of hydrogen-bond donors (Lipinski definition) is 1. The van der Waals surface area contributed by atoms with Crippen molar-refractivity contribution in [1.82, 2.24) is 10.2 Å². The number of ether oxygens (including phenoxy) is 1. The molecule has 8 nitrogen and oxygen atoms in total. The summed E-state index contributed by atoms with van der Waals surface area (Å²) in [4.78, 5) is 27.5. The number of carbonyl (C=O) groups is 2. The molecule has 0 aliphatic rings. The molecule has 11 heteroatoms. The van der Waals surface area contributed by atoms with E-state index in [0.717, 1.165) is 22.5 Å². The van der Waals surface area contributed by atoms with Crippen LogP contribution in [0.4, 0.5) is 5.69 Å². The highest BCUT2D eigenvalue weighted by Crippen LogP contribution is 2.30. The van der Waals surface area contributed by atoms with Gasteiger partial charge < -0.3 is 15.0 Å². The minimum absolute atomic E-state index is 0.0844. The first-order valence-corrected chi connectivity index (χ1v) is 13.2. The molecule has 34 heavy (non-hydrogen) atoms. The molecule has 0 bridgehead atoms. The number of nitrogens with zero attached hydrogens (tertiary/aromatic N) is 2. The Hall–Kier alpha value is -2.49. The van der Waals surface area contributed by atoms with E-state index in [4.69, 9.17) is 27.9 Å². The van der Waals surface area contributed by atoms with Crippen LogP contribution in [0.15, 0.2) is 42.5 Å². The fourth-order valence-electron chi connectivity index (χ4n) is 3.18. The number of carbonyl (C=O) groups excluding carboxylic acids is 2. The molecule has 2 aromatic rings. The molecule has 1 atom stereocenters. The van der Waals surface area contributed by atoms with E-state index in [1.807, 2.05) is 6.92 Å². The van der Waals surface area contributed by atoms with E-state index in [-0.39, 0.29) is 23.2 Å². The zero-order valence-electron chi connectivity index (χ0n) is 19.5. The Morgan fingerprint density at radius 1 is 1.12 bits per heavy atom. The van der Waals surface area contributed by atoms with Crippen molar-refractivity contribution in [1.29, 1.82) is 0 Å². The standard InChI is InChI=1S/C23H29Cl2N3O5S/c1-5-12-26-23(30)16(2)27(14-17-6-9-19(33-3)10-7-17)22(29)15-28(34(4,31)32)21-11-8-18(24)13-20(21)25/h6-11,13,16H,5,12,14-15H2,1-4H3,(H,26,30)/t16-/m0/s1. The molecule has 1 N–H and O–H groups in total. The summed E-state index contributed by atoms with van der Waals surface area (Å²) in [6.45, 7) is 3.54. The number of rotatable bonds is 11. The van der Waals surface area contributed by atoms with E-state index >= 15 is 0 Å². The maximum absolute atomic E-state index is 13.4. The smallest absolute Gasteiger partial charge is 0.244 e. The van der Waals surface area contributed by atoms with Gasteiger partial charge in [0, 0.05) is 18.1 Å². The van der Waals surface area contributed by atoms with Crippen LogP contribution in [0, 0.1) is 0 Å². The zero-order chi connectivity index (χ0) is 25.5. The largest absolute Gasteiger partial charge is 0.497 e. The SMILES string of the molecule is CCCNC(=O)[C@H](C)N(Cc1ccc(OC)cc1)C(=O)CN(c1ccc(Cl)cc1Cl)S(C)(=O)=O. The van der Waals surface area contributed by atoms with Gasteiger partial charge in [-0.2, -0.15) is 0 Å². The third kappa shape index (κ3) is 7.51. The van der Waals surface area contributed by atoms with E-state index in [0.29, 0.717) is 17.3 Å². The summed E-state index contributed by atoms with van der Waals surface area (Å²) in [7, 11) is -2.33. The summed E-state index contributed by atoms with van der Waals surface area (Å²) >= 11 is 12.2. The van der Waals surface area contributed by atoms with Crippen LogP contribution in [0.1, 0.15) is 25.8 Å². The Labute approximate surface area is 210 Å². The highest BCUT2D eigenvalue weighted by Gasteiger charge is 2.30. The maximum Gasteiger partial charge on any atom is 0.244 e. The second-order valence-corrected chi connectivity index (χ2v) is 10.5. The van der Waals surface area contributed by atoms with E-state index in [1.165, 1.54) is 23.1 Å². The molecule has 0 aromatic heterocycles. The first kappa shape index (κ1) is 27.8. The van der Waals surface area contributed by atoms with Crippen molar-refractivity contribution >= 4 is 50.7 Å². The number of amides is 2. The van der Waals surface area contributed by atoms with Gasteiger partial charge in [0.1, 0.15) is 18.3 Å². The predicted molar refractivity (Wildman–Crippen MR) is 135 cm³/mol. The van der Waals surface area contributed by atoms with E-state index in [2.05, 4.69) is 5.32 Å². The normalized spacial score (nSPS) is 12.1. The first-order valence-electron chi connectivity index (χ1n) is 10.6. The van der Waals surface area contributed by atoms with Crippen molar-refractivity contribution in [2.45, 2.75) is 32.9 Å². The summed E-state index contributed by atoms with van der Waals surface area (Å²) in [5, 5.41) is 3.20. The zero-order valence-corrected chi connectivity index (χ0v) is 21.9. The molecule has 0 unspecified atom stereocenters. The van der Waals surface area contributed by atoms with Gasteiger partial charge in [0.05, 0.1) is 24.1 Å². The highest BCUT2D eigenvalue weighted by atomic mass is 35.5. The number of benzene rings is 2. The van der Waals surface area contributed by atoms with Crippen LogP contribution in [0.2, 0.25) is 10.0 Å². The van der Waals surface area contributed by atoms with Crippen molar-refractivity contribution in [2.75, 3.05) is 30.8 Å². The van der Waals surface area contributed by atoms with Gasteiger partial charge in [0.2, 0.25) is 21.8 Å².